The van der Waals surface area contributed by atoms with Crippen LogP contribution >= 0.6 is 28.6 Å². The van der Waals surface area contributed by atoms with Crippen molar-refractivity contribution >= 4 is 34.5 Å². The number of carbonyl (C=O) groups excluding carboxylic acids is 1. The summed E-state index contributed by atoms with van der Waals surface area (Å²) in [6, 6.07) is 5.31. The van der Waals surface area contributed by atoms with Crippen LogP contribution in [0.4, 0.5) is 0 Å². The Morgan fingerprint density at radius 3 is 2.75 bits per heavy atom. The van der Waals surface area contributed by atoms with Gasteiger partial charge >= 0.3 is 5.97 Å². The zero-order chi connectivity index (χ0) is 9.14. The normalized spacial score (nSPS) is 9.58. The van der Waals surface area contributed by atoms with E-state index in [0.29, 0.717) is 14.9 Å². The maximum Gasteiger partial charge on any atom is 0.340 e. The molecule has 0 atom stereocenters. The highest BCUT2D eigenvalue weighted by atomic mass is 79.9. The molecule has 12 heavy (non-hydrogen) atoms. The molecule has 0 aromatic heterocycles. The molecule has 0 amide bonds. The SMILES string of the molecule is COC(=O)c1c(S)cccc1Br. The molecular formula is C8H7BrO2S. The monoisotopic (exact) mass is 246 g/mol. The van der Waals surface area contributed by atoms with Gasteiger partial charge in [0, 0.05) is 9.37 Å². The van der Waals surface area contributed by atoms with E-state index in [1.807, 2.05) is 0 Å². The first-order valence-corrected chi connectivity index (χ1v) is 4.46. The summed E-state index contributed by atoms with van der Waals surface area (Å²) in [4.78, 5) is 11.8. The van der Waals surface area contributed by atoms with Crippen molar-refractivity contribution < 1.29 is 9.53 Å². The molecule has 0 aliphatic heterocycles. The van der Waals surface area contributed by atoms with Gasteiger partial charge in [0.1, 0.15) is 0 Å². The Balaban J connectivity index is 3.21. The number of rotatable bonds is 1. The molecule has 0 fully saturated rings. The molecule has 0 aliphatic rings. The third-order valence-electron chi connectivity index (χ3n) is 1.38. The number of carbonyl (C=O) groups is 1. The van der Waals surface area contributed by atoms with Crippen molar-refractivity contribution in [3.63, 3.8) is 0 Å². The van der Waals surface area contributed by atoms with E-state index in [1.54, 1.807) is 18.2 Å². The van der Waals surface area contributed by atoms with E-state index >= 15 is 0 Å². The smallest absolute Gasteiger partial charge is 0.340 e. The first-order valence-electron chi connectivity index (χ1n) is 3.22. The first-order chi connectivity index (χ1) is 5.66. The number of benzene rings is 1. The van der Waals surface area contributed by atoms with Gasteiger partial charge in [0.15, 0.2) is 0 Å². The predicted molar refractivity (Wildman–Crippen MR) is 52.7 cm³/mol. The molecule has 0 saturated heterocycles. The maximum absolute atomic E-state index is 11.2. The topological polar surface area (TPSA) is 26.3 Å². The summed E-state index contributed by atoms with van der Waals surface area (Å²) < 4.78 is 5.28. The molecule has 4 heteroatoms. The molecule has 0 heterocycles. The van der Waals surface area contributed by atoms with E-state index in [4.69, 9.17) is 0 Å². The van der Waals surface area contributed by atoms with Gasteiger partial charge in [-0.15, -0.1) is 12.6 Å². The zero-order valence-corrected chi connectivity index (χ0v) is 8.85. The van der Waals surface area contributed by atoms with Crippen molar-refractivity contribution in [3.8, 4) is 0 Å². The fourth-order valence-corrected chi connectivity index (χ4v) is 1.80. The van der Waals surface area contributed by atoms with Crippen LogP contribution in [0.5, 0.6) is 0 Å². The minimum absolute atomic E-state index is 0.382. The van der Waals surface area contributed by atoms with E-state index in [2.05, 4.69) is 33.3 Å². The number of hydrogen-bond acceptors (Lipinski definition) is 3. The molecule has 0 spiro atoms. The molecular weight excluding hydrogens is 240 g/mol. The van der Waals surface area contributed by atoms with Crippen LogP contribution in [0.15, 0.2) is 27.6 Å². The minimum Gasteiger partial charge on any atom is -0.465 e. The van der Waals surface area contributed by atoms with Crippen LogP contribution in [-0.2, 0) is 4.74 Å². The Morgan fingerprint density at radius 1 is 1.58 bits per heavy atom. The van der Waals surface area contributed by atoms with Crippen molar-refractivity contribution in [1.29, 1.82) is 0 Å². The lowest BCUT2D eigenvalue weighted by Crippen LogP contribution is -2.03. The van der Waals surface area contributed by atoms with Gasteiger partial charge in [-0.1, -0.05) is 6.07 Å². The number of thiol groups is 1. The first kappa shape index (κ1) is 9.61. The Labute approximate surface area is 84.5 Å². The van der Waals surface area contributed by atoms with Gasteiger partial charge in [0.25, 0.3) is 0 Å². The van der Waals surface area contributed by atoms with Crippen LogP contribution in [0.25, 0.3) is 0 Å². The van der Waals surface area contributed by atoms with Crippen LogP contribution in [-0.4, -0.2) is 13.1 Å². The van der Waals surface area contributed by atoms with Crippen molar-refractivity contribution in [2.75, 3.05) is 7.11 Å². The molecule has 1 aromatic carbocycles. The summed E-state index contributed by atoms with van der Waals surface area (Å²) >= 11 is 7.37. The molecule has 0 N–H and O–H groups in total. The number of halogens is 1. The van der Waals surface area contributed by atoms with Gasteiger partial charge in [-0.3, -0.25) is 0 Å². The van der Waals surface area contributed by atoms with Crippen LogP contribution < -0.4 is 0 Å². The highest BCUT2D eigenvalue weighted by Gasteiger charge is 2.12. The zero-order valence-electron chi connectivity index (χ0n) is 6.37. The summed E-state index contributed by atoms with van der Waals surface area (Å²) in [5.74, 6) is -0.382. The Hall–Kier alpha value is -0.480. The standard InChI is InChI=1S/C8H7BrO2S/c1-11-8(10)7-5(9)3-2-4-6(7)12/h2-4,12H,1H3. The quantitative estimate of drug-likeness (QED) is 0.609. The average Bonchev–Trinajstić information content (AvgIpc) is 2.03. The van der Waals surface area contributed by atoms with Gasteiger partial charge in [-0.25, -0.2) is 4.79 Å². The van der Waals surface area contributed by atoms with E-state index in [1.165, 1.54) is 7.11 Å². The third-order valence-corrected chi connectivity index (χ3v) is 2.41. The highest BCUT2D eigenvalue weighted by Crippen LogP contribution is 2.23. The molecule has 1 aromatic rings. The van der Waals surface area contributed by atoms with E-state index in [9.17, 15) is 4.79 Å². The molecule has 64 valence electrons. The van der Waals surface area contributed by atoms with Crippen molar-refractivity contribution in [3.05, 3.63) is 28.2 Å². The number of esters is 1. The molecule has 0 saturated carbocycles. The summed E-state index contributed by atoms with van der Waals surface area (Å²) in [7, 11) is 1.34. The van der Waals surface area contributed by atoms with Crippen LogP contribution in [0.2, 0.25) is 0 Å². The molecule has 0 unspecified atom stereocenters. The van der Waals surface area contributed by atoms with E-state index in [-0.39, 0.29) is 5.97 Å². The Kier molecular flexibility index (Phi) is 3.17. The molecule has 0 aliphatic carbocycles. The molecule has 1 rings (SSSR count). The van der Waals surface area contributed by atoms with Gasteiger partial charge in [0.05, 0.1) is 12.7 Å². The number of methoxy groups -OCH3 is 1. The fourth-order valence-electron chi connectivity index (χ4n) is 0.817. The van der Waals surface area contributed by atoms with Crippen molar-refractivity contribution in [1.82, 2.24) is 0 Å². The summed E-state index contributed by atoms with van der Waals surface area (Å²) in [6.07, 6.45) is 0. The summed E-state index contributed by atoms with van der Waals surface area (Å²) in [5.41, 5.74) is 0.461. The van der Waals surface area contributed by atoms with E-state index < -0.39 is 0 Å². The van der Waals surface area contributed by atoms with Gasteiger partial charge < -0.3 is 4.74 Å². The summed E-state index contributed by atoms with van der Waals surface area (Å²) in [5, 5.41) is 0. The van der Waals surface area contributed by atoms with Crippen LogP contribution in [0.3, 0.4) is 0 Å². The van der Waals surface area contributed by atoms with Crippen molar-refractivity contribution in [2.24, 2.45) is 0 Å². The van der Waals surface area contributed by atoms with Gasteiger partial charge in [0.2, 0.25) is 0 Å². The number of ether oxygens (including phenoxy) is 1. The Bertz CT molecular complexity index is 292. The largest absolute Gasteiger partial charge is 0.465 e. The lowest BCUT2D eigenvalue weighted by atomic mass is 10.2. The fraction of sp³-hybridized carbons (Fsp3) is 0.125. The van der Waals surface area contributed by atoms with Crippen LogP contribution in [0.1, 0.15) is 10.4 Å². The maximum atomic E-state index is 11.2. The van der Waals surface area contributed by atoms with Crippen LogP contribution in [0, 0.1) is 0 Å². The minimum atomic E-state index is -0.382. The predicted octanol–water partition coefficient (Wildman–Crippen LogP) is 2.52. The molecule has 2 nitrogen and oxygen atoms in total. The third kappa shape index (κ3) is 1.81. The second kappa shape index (κ2) is 3.96. The average molecular weight is 247 g/mol. The number of hydrogen-bond donors (Lipinski definition) is 1. The second-order valence-corrected chi connectivity index (χ2v) is 3.46. The lowest BCUT2D eigenvalue weighted by Gasteiger charge is -2.04. The second-order valence-electron chi connectivity index (χ2n) is 2.13. The van der Waals surface area contributed by atoms with E-state index in [0.717, 1.165) is 0 Å². The Morgan fingerprint density at radius 2 is 2.25 bits per heavy atom. The highest BCUT2D eigenvalue weighted by molar-refractivity contribution is 9.10. The van der Waals surface area contributed by atoms with Gasteiger partial charge in [-0.2, -0.15) is 0 Å². The summed E-state index contributed by atoms with van der Waals surface area (Å²) in [6.45, 7) is 0. The van der Waals surface area contributed by atoms with Gasteiger partial charge in [-0.05, 0) is 28.1 Å². The van der Waals surface area contributed by atoms with Crippen molar-refractivity contribution in [2.45, 2.75) is 4.90 Å². The lowest BCUT2D eigenvalue weighted by molar-refractivity contribution is 0.0596. The molecule has 0 bridgehead atoms. The molecule has 0 radical (unpaired) electrons.